The van der Waals surface area contributed by atoms with Crippen LogP contribution in [0.2, 0.25) is 0 Å². The molecule has 0 saturated carbocycles. The second-order valence-electron chi connectivity index (χ2n) is 8.30. The van der Waals surface area contributed by atoms with Crippen molar-refractivity contribution in [1.82, 2.24) is 14.5 Å². The van der Waals surface area contributed by atoms with Crippen LogP contribution in [0.5, 0.6) is 17.4 Å². The fourth-order valence-electron chi connectivity index (χ4n) is 4.27. The molecule has 0 bridgehead atoms. The van der Waals surface area contributed by atoms with E-state index in [1.54, 1.807) is 6.07 Å². The lowest BCUT2D eigenvalue weighted by Crippen LogP contribution is -2.28. The maximum absolute atomic E-state index is 14.5. The molecule has 5 rings (SSSR count). The molecule has 1 aromatic carbocycles. The first kappa shape index (κ1) is 23.0. The van der Waals surface area contributed by atoms with Crippen molar-refractivity contribution in [1.29, 1.82) is 0 Å². The van der Waals surface area contributed by atoms with Crippen LogP contribution < -0.4 is 25.8 Å². The molecule has 184 valence electrons. The van der Waals surface area contributed by atoms with E-state index in [-0.39, 0.29) is 30.1 Å². The molecule has 4 heterocycles. The van der Waals surface area contributed by atoms with Crippen LogP contribution in [-0.2, 0) is 19.3 Å². The van der Waals surface area contributed by atoms with Gasteiger partial charge in [0, 0.05) is 37.5 Å². The van der Waals surface area contributed by atoms with Crippen molar-refractivity contribution in [3.8, 4) is 17.4 Å². The number of hydrogen-bond donors (Lipinski definition) is 1. The van der Waals surface area contributed by atoms with Crippen molar-refractivity contribution in [3.63, 3.8) is 0 Å². The third kappa shape index (κ3) is 4.50. The van der Waals surface area contributed by atoms with E-state index in [0.717, 1.165) is 30.8 Å². The zero-order valence-electron chi connectivity index (χ0n) is 17.9. The quantitative estimate of drug-likeness (QED) is 0.543. The Balaban J connectivity index is 1.32. The third-order valence-electron chi connectivity index (χ3n) is 5.79. The fraction of sp³-hybridized carbons (Fsp3) is 0.318. The summed E-state index contributed by atoms with van der Waals surface area (Å²) in [5.41, 5.74) is 4.29. The van der Waals surface area contributed by atoms with Crippen LogP contribution in [0.4, 0.5) is 27.8 Å². The van der Waals surface area contributed by atoms with E-state index in [9.17, 15) is 26.7 Å². The van der Waals surface area contributed by atoms with Crippen LogP contribution >= 0.6 is 0 Å². The summed E-state index contributed by atoms with van der Waals surface area (Å²) in [6.45, 7) is 0.753. The number of ether oxygens (including phenoxy) is 2. The highest BCUT2D eigenvalue weighted by molar-refractivity contribution is 5.49. The first-order valence-corrected chi connectivity index (χ1v) is 10.5. The van der Waals surface area contributed by atoms with Gasteiger partial charge in [-0.3, -0.25) is 9.55 Å². The predicted molar refractivity (Wildman–Crippen MR) is 112 cm³/mol. The van der Waals surface area contributed by atoms with E-state index >= 15 is 0 Å². The summed E-state index contributed by atoms with van der Waals surface area (Å²) in [4.78, 5) is 21.4. The van der Waals surface area contributed by atoms with Crippen molar-refractivity contribution >= 4 is 5.82 Å². The molecule has 2 aliphatic rings. The van der Waals surface area contributed by atoms with E-state index in [1.165, 1.54) is 4.57 Å². The van der Waals surface area contributed by atoms with Crippen LogP contribution in [-0.4, -0.2) is 33.2 Å². The Bertz CT molecular complexity index is 1320. The molecule has 2 unspecified atom stereocenters. The molecular formula is C22H18F5N5O3. The van der Waals surface area contributed by atoms with E-state index in [2.05, 4.69) is 9.97 Å². The molecule has 0 spiro atoms. The molecule has 0 amide bonds. The van der Waals surface area contributed by atoms with Gasteiger partial charge in [-0.15, -0.1) is 0 Å². The molecule has 0 radical (unpaired) electrons. The van der Waals surface area contributed by atoms with Gasteiger partial charge in [0.25, 0.3) is 0 Å². The first-order valence-electron chi connectivity index (χ1n) is 10.5. The molecule has 1 fully saturated rings. The Morgan fingerprint density at radius 1 is 1.11 bits per heavy atom. The standard InChI is InChI=1S/C22H18F5N5O3/c23-15-3-11(4-16(24)20(15)35-14-1-2-29-17(6-14)22(25,26)27)10-34-18-7-19-31-8-12(28)5-13(31)9-32(19)21(33)30-18/h1-4,6-7,12-13H,5,8-10,28H2. The molecule has 2 atom stereocenters. The van der Waals surface area contributed by atoms with Crippen LogP contribution in [0.3, 0.4) is 0 Å². The number of halogens is 5. The highest BCUT2D eigenvalue weighted by atomic mass is 19.4. The molecule has 1 saturated heterocycles. The maximum Gasteiger partial charge on any atom is 0.433 e. The molecule has 3 aromatic rings. The molecule has 8 nitrogen and oxygen atoms in total. The molecule has 2 aromatic heterocycles. The average Bonchev–Trinajstić information content (AvgIpc) is 3.31. The van der Waals surface area contributed by atoms with Crippen molar-refractivity contribution in [2.45, 2.75) is 37.8 Å². The van der Waals surface area contributed by atoms with Crippen LogP contribution in [0.15, 0.2) is 41.3 Å². The zero-order chi connectivity index (χ0) is 24.9. The molecule has 2 aliphatic heterocycles. The average molecular weight is 495 g/mol. The number of hydrogen-bond acceptors (Lipinski definition) is 7. The predicted octanol–water partition coefficient (Wildman–Crippen LogP) is 3.23. The summed E-state index contributed by atoms with van der Waals surface area (Å²) in [6.07, 6.45) is -3.17. The normalized spacial score (nSPS) is 19.0. The number of nitrogens with zero attached hydrogens (tertiary/aromatic N) is 4. The van der Waals surface area contributed by atoms with Crippen LogP contribution in [0.25, 0.3) is 0 Å². The lowest BCUT2D eigenvalue weighted by molar-refractivity contribution is -0.141. The molecule has 13 heteroatoms. The minimum absolute atomic E-state index is 0.000250. The Morgan fingerprint density at radius 3 is 2.57 bits per heavy atom. The fourth-order valence-corrected chi connectivity index (χ4v) is 4.27. The number of pyridine rings is 1. The lowest BCUT2D eigenvalue weighted by atomic mass is 10.2. The Kier molecular flexibility index (Phi) is 5.58. The summed E-state index contributed by atoms with van der Waals surface area (Å²) >= 11 is 0. The van der Waals surface area contributed by atoms with E-state index in [0.29, 0.717) is 25.0 Å². The lowest BCUT2D eigenvalue weighted by Gasteiger charge is -2.17. The van der Waals surface area contributed by atoms with Gasteiger partial charge in [0.2, 0.25) is 5.88 Å². The topological polar surface area (TPSA) is 95.5 Å². The van der Waals surface area contributed by atoms with Crippen LogP contribution in [0, 0.1) is 11.6 Å². The van der Waals surface area contributed by atoms with Gasteiger partial charge in [-0.1, -0.05) is 0 Å². The van der Waals surface area contributed by atoms with Gasteiger partial charge in [-0.2, -0.15) is 18.2 Å². The van der Waals surface area contributed by atoms with Crippen molar-refractivity contribution in [2.24, 2.45) is 5.73 Å². The number of rotatable bonds is 5. The van der Waals surface area contributed by atoms with Gasteiger partial charge in [0.15, 0.2) is 17.4 Å². The number of fused-ring (bicyclic) bond motifs is 3. The molecule has 2 N–H and O–H groups in total. The monoisotopic (exact) mass is 495 g/mol. The number of aromatic nitrogens is 3. The van der Waals surface area contributed by atoms with E-state index in [1.807, 2.05) is 4.90 Å². The minimum atomic E-state index is -4.74. The number of benzene rings is 1. The van der Waals surface area contributed by atoms with Gasteiger partial charge >= 0.3 is 11.9 Å². The van der Waals surface area contributed by atoms with Gasteiger partial charge in [0.05, 0.1) is 6.04 Å². The van der Waals surface area contributed by atoms with Gasteiger partial charge in [-0.05, 0) is 30.2 Å². The number of nitrogens with two attached hydrogens (primary N) is 1. The van der Waals surface area contributed by atoms with Crippen LogP contribution in [0.1, 0.15) is 17.7 Å². The summed E-state index contributed by atoms with van der Waals surface area (Å²) < 4.78 is 79.5. The minimum Gasteiger partial charge on any atom is -0.473 e. The van der Waals surface area contributed by atoms with E-state index in [4.69, 9.17) is 15.2 Å². The molecular weight excluding hydrogens is 477 g/mol. The van der Waals surface area contributed by atoms with Crippen molar-refractivity contribution in [3.05, 3.63) is 69.9 Å². The molecule has 0 aliphatic carbocycles. The zero-order valence-corrected chi connectivity index (χ0v) is 17.9. The second kappa shape index (κ2) is 8.48. The van der Waals surface area contributed by atoms with Gasteiger partial charge in [-0.25, -0.2) is 13.6 Å². The van der Waals surface area contributed by atoms with Crippen molar-refractivity contribution in [2.75, 3.05) is 11.4 Å². The SMILES string of the molecule is NC1CC2Cn3c(cc(OCc4cc(F)c(Oc5ccnc(C(F)(F)F)c5)c(F)c4)nc3=O)N2C1. The van der Waals surface area contributed by atoms with Gasteiger partial charge < -0.3 is 20.1 Å². The Hall–Kier alpha value is -3.74. The van der Waals surface area contributed by atoms with E-state index < -0.39 is 40.7 Å². The third-order valence-corrected chi connectivity index (χ3v) is 5.79. The maximum atomic E-state index is 14.5. The number of alkyl halides is 3. The van der Waals surface area contributed by atoms with Gasteiger partial charge in [0.1, 0.15) is 23.9 Å². The summed E-state index contributed by atoms with van der Waals surface area (Å²) in [5.74, 6) is -3.00. The highest BCUT2D eigenvalue weighted by Gasteiger charge is 2.38. The molecule has 35 heavy (non-hydrogen) atoms. The highest BCUT2D eigenvalue weighted by Crippen LogP contribution is 2.34. The Morgan fingerprint density at radius 2 is 1.86 bits per heavy atom. The first-order chi connectivity index (χ1) is 16.6. The summed E-state index contributed by atoms with van der Waals surface area (Å²) in [5, 5.41) is 0. The smallest absolute Gasteiger partial charge is 0.433 e. The summed E-state index contributed by atoms with van der Waals surface area (Å²) in [7, 11) is 0. The van der Waals surface area contributed by atoms with Crippen molar-refractivity contribution < 1.29 is 31.4 Å². The largest absolute Gasteiger partial charge is 0.473 e. The summed E-state index contributed by atoms with van der Waals surface area (Å²) in [6, 6.07) is 5.09. The Labute approximate surface area is 194 Å². The number of anilines is 1. The second-order valence-corrected chi connectivity index (χ2v) is 8.30.